The number of Topliss-reactive ketones (excluding diaryl/α,β-unsaturated/α-hetero) is 1. The van der Waals surface area contributed by atoms with E-state index in [9.17, 15) is 23.2 Å². The van der Waals surface area contributed by atoms with E-state index in [1.807, 2.05) is 5.32 Å². The second-order valence-electron chi connectivity index (χ2n) is 6.37. The number of rotatable bonds is 10. The molecule has 2 aromatic carbocycles. The Morgan fingerprint density at radius 2 is 1.63 bits per heavy atom. The Morgan fingerprint density at radius 3 is 2.17 bits per heavy atom. The van der Waals surface area contributed by atoms with Gasteiger partial charge >= 0.3 is 5.97 Å². The summed E-state index contributed by atoms with van der Waals surface area (Å²) < 4.78 is 28.1. The number of carboxylic acids is 1. The molecule has 0 unspecified atom stereocenters. The number of ketones is 1. The second-order valence-corrected chi connectivity index (χ2v) is 6.37. The van der Waals surface area contributed by atoms with Gasteiger partial charge in [-0.05, 0) is 48.4 Å². The molecule has 0 spiro atoms. The zero-order valence-corrected chi connectivity index (χ0v) is 15.8. The average Bonchev–Trinajstić information content (AvgIpc) is 2.69. The van der Waals surface area contributed by atoms with Gasteiger partial charge in [0.1, 0.15) is 23.2 Å². The number of anilines is 2. The number of carbonyl (C=O) groups is 3. The van der Waals surface area contributed by atoms with Crippen LogP contribution < -0.4 is 16.4 Å². The minimum absolute atomic E-state index is 0.0740. The third-order valence-corrected chi connectivity index (χ3v) is 4.10. The van der Waals surface area contributed by atoms with E-state index in [0.717, 1.165) is 12.1 Å². The molecule has 0 radical (unpaired) electrons. The number of hydrogen-bond acceptors (Lipinski definition) is 5. The second kappa shape index (κ2) is 10.1. The van der Waals surface area contributed by atoms with Gasteiger partial charge in [-0.3, -0.25) is 19.8 Å². The molecular formula is C20H20F2N4O4. The van der Waals surface area contributed by atoms with Gasteiger partial charge in [-0.25, -0.2) is 8.78 Å². The predicted molar refractivity (Wildman–Crippen MR) is 107 cm³/mol. The molecule has 2 aromatic rings. The van der Waals surface area contributed by atoms with Crippen LogP contribution in [0.2, 0.25) is 0 Å². The van der Waals surface area contributed by atoms with Gasteiger partial charge in [0.05, 0.1) is 0 Å². The molecule has 2 rings (SSSR count). The van der Waals surface area contributed by atoms with Gasteiger partial charge in [0.25, 0.3) is 5.91 Å². The lowest BCUT2D eigenvalue weighted by Gasteiger charge is -2.10. The molecule has 0 bridgehead atoms. The SMILES string of the molecule is N=C(N)c1ccc(NCCC(=O)C(=O)Nc2c(F)cc(CCC(=O)O)cc2F)cc1. The molecule has 1 amide bonds. The Kier molecular flexibility index (Phi) is 7.56. The highest BCUT2D eigenvalue weighted by atomic mass is 19.1. The van der Waals surface area contributed by atoms with Crippen molar-refractivity contribution in [2.45, 2.75) is 19.3 Å². The molecule has 158 valence electrons. The number of nitrogens with two attached hydrogens (primary N) is 1. The van der Waals surface area contributed by atoms with Crippen LogP contribution in [0.4, 0.5) is 20.2 Å². The van der Waals surface area contributed by atoms with Crippen molar-refractivity contribution in [3.63, 3.8) is 0 Å². The fourth-order valence-electron chi connectivity index (χ4n) is 2.53. The predicted octanol–water partition coefficient (Wildman–Crippen LogP) is 2.28. The van der Waals surface area contributed by atoms with E-state index in [2.05, 4.69) is 5.32 Å². The number of aliphatic carboxylic acids is 1. The number of carboxylic acid groups (broad SMARTS) is 1. The summed E-state index contributed by atoms with van der Waals surface area (Å²) in [5.74, 6) is -5.43. The molecule has 0 atom stereocenters. The monoisotopic (exact) mass is 418 g/mol. The number of halogens is 2. The molecule has 10 heteroatoms. The van der Waals surface area contributed by atoms with Crippen LogP contribution in [0, 0.1) is 17.0 Å². The van der Waals surface area contributed by atoms with Gasteiger partial charge in [0.15, 0.2) is 0 Å². The molecule has 0 aliphatic heterocycles. The molecule has 0 aliphatic rings. The summed E-state index contributed by atoms with van der Waals surface area (Å²) in [6, 6.07) is 8.36. The first kappa shape index (κ1) is 22.5. The third kappa shape index (κ3) is 6.36. The summed E-state index contributed by atoms with van der Waals surface area (Å²) >= 11 is 0. The number of nitrogens with one attached hydrogen (secondary N) is 3. The summed E-state index contributed by atoms with van der Waals surface area (Å²) in [6.45, 7) is 0.102. The summed E-state index contributed by atoms with van der Waals surface area (Å²) in [5, 5.41) is 20.8. The molecular weight excluding hydrogens is 398 g/mol. The van der Waals surface area contributed by atoms with Crippen LogP contribution in [0.1, 0.15) is 24.0 Å². The number of hydrogen-bond donors (Lipinski definition) is 5. The number of amidine groups is 1. The zero-order chi connectivity index (χ0) is 22.3. The minimum atomic E-state index is -1.17. The van der Waals surface area contributed by atoms with Crippen molar-refractivity contribution in [3.05, 3.63) is 59.2 Å². The van der Waals surface area contributed by atoms with Crippen molar-refractivity contribution in [3.8, 4) is 0 Å². The lowest BCUT2D eigenvalue weighted by atomic mass is 10.1. The van der Waals surface area contributed by atoms with Gasteiger partial charge < -0.3 is 21.5 Å². The highest BCUT2D eigenvalue weighted by Gasteiger charge is 2.19. The van der Waals surface area contributed by atoms with Gasteiger partial charge in [-0.15, -0.1) is 0 Å². The van der Waals surface area contributed by atoms with Gasteiger partial charge in [-0.2, -0.15) is 0 Å². The fourth-order valence-corrected chi connectivity index (χ4v) is 2.53. The van der Waals surface area contributed by atoms with Crippen molar-refractivity contribution < 1.29 is 28.3 Å². The molecule has 0 aromatic heterocycles. The van der Waals surface area contributed by atoms with Gasteiger partial charge in [-0.1, -0.05) is 0 Å². The Hall–Kier alpha value is -3.82. The van der Waals surface area contributed by atoms with Crippen LogP contribution in [0.15, 0.2) is 36.4 Å². The van der Waals surface area contributed by atoms with E-state index in [1.165, 1.54) is 0 Å². The first-order valence-corrected chi connectivity index (χ1v) is 8.89. The molecule has 0 heterocycles. The van der Waals surface area contributed by atoms with Crippen LogP contribution >= 0.6 is 0 Å². The quantitative estimate of drug-likeness (QED) is 0.227. The van der Waals surface area contributed by atoms with Crippen molar-refractivity contribution in [2.75, 3.05) is 17.2 Å². The molecule has 0 saturated carbocycles. The Balaban J connectivity index is 1.89. The van der Waals surface area contributed by atoms with Crippen LogP contribution in [0.25, 0.3) is 0 Å². The number of aryl methyl sites for hydroxylation is 1. The van der Waals surface area contributed by atoms with Crippen molar-refractivity contribution >= 4 is 34.9 Å². The maximum absolute atomic E-state index is 14.1. The normalized spacial score (nSPS) is 10.3. The molecule has 0 fully saturated rings. The van der Waals surface area contributed by atoms with Crippen molar-refractivity contribution in [1.82, 2.24) is 0 Å². The highest BCUT2D eigenvalue weighted by molar-refractivity contribution is 6.40. The van der Waals surface area contributed by atoms with E-state index in [0.29, 0.717) is 11.3 Å². The first-order chi connectivity index (χ1) is 14.2. The standard InChI is InChI=1S/C20H20F2N4O4/c21-14-9-11(1-6-17(28)29)10-15(22)18(14)26-20(30)16(27)7-8-25-13-4-2-12(3-5-13)19(23)24/h2-5,9-10,25H,1,6-8H2,(H3,23,24)(H,26,30)(H,28,29). The average molecular weight is 418 g/mol. The van der Waals surface area contributed by atoms with Gasteiger partial charge in [0, 0.05) is 30.6 Å². The Bertz CT molecular complexity index is 954. The van der Waals surface area contributed by atoms with E-state index in [-0.39, 0.29) is 37.2 Å². The molecule has 8 nitrogen and oxygen atoms in total. The van der Waals surface area contributed by atoms with Crippen LogP contribution in [-0.2, 0) is 20.8 Å². The number of benzene rings is 2. The Morgan fingerprint density at radius 1 is 1.03 bits per heavy atom. The largest absolute Gasteiger partial charge is 0.481 e. The topological polar surface area (TPSA) is 145 Å². The van der Waals surface area contributed by atoms with E-state index in [1.54, 1.807) is 24.3 Å². The lowest BCUT2D eigenvalue weighted by molar-refractivity contribution is -0.137. The zero-order valence-electron chi connectivity index (χ0n) is 15.8. The molecule has 30 heavy (non-hydrogen) atoms. The van der Waals surface area contributed by atoms with E-state index in [4.69, 9.17) is 16.2 Å². The highest BCUT2D eigenvalue weighted by Crippen LogP contribution is 2.22. The molecule has 0 saturated heterocycles. The minimum Gasteiger partial charge on any atom is -0.481 e. The van der Waals surface area contributed by atoms with Gasteiger partial charge in [0.2, 0.25) is 5.78 Å². The van der Waals surface area contributed by atoms with Crippen LogP contribution in [0.5, 0.6) is 0 Å². The van der Waals surface area contributed by atoms with E-state index < -0.39 is 35.0 Å². The molecule has 6 N–H and O–H groups in total. The smallest absolute Gasteiger partial charge is 0.303 e. The molecule has 0 aliphatic carbocycles. The number of amides is 1. The maximum atomic E-state index is 14.1. The number of carbonyl (C=O) groups excluding carboxylic acids is 2. The summed E-state index contributed by atoms with van der Waals surface area (Å²) in [7, 11) is 0. The van der Waals surface area contributed by atoms with E-state index >= 15 is 0 Å². The fraction of sp³-hybridized carbons (Fsp3) is 0.200. The van der Waals surface area contributed by atoms with Crippen molar-refractivity contribution in [2.24, 2.45) is 5.73 Å². The Labute approximate surface area is 170 Å². The third-order valence-electron chi connectivity index (χ3n) is 4.10. The maximum Gasteiger partial charge on any atom is 0.303 e. The van der Waals surface area contributed by atoms with Crippen LogP contribution in [0.3, 0.4) is 0 Å². The first-order valence-electron chi connectivity index (χ1n) is 8.89. The number of nitrogen functional groups attached to an aromatic ring is 1. The van der Waals surface area contributed by atoms with Crippen molar-refractivity contribution in [1.29, 1.82) is 5.41 Å². The lowest BCUT2D eigenvalue weighted by Crippen LogP contribution is -2.25. The summed E-state index contributed by atoms with van der Waals surface area (Å²) in [4.78, 5) is 34.4. The summed E-state index contributed by atoms with van der Waals surface area (Å²) in [6.07, 6.45) is -0.594. The van der Waals surface area contributed by atoms with Crippen LogP contribution in [-0.4, -0.2) is 35.1 Å². The summed E-state index contributed by atoms with van der Waals surface area (Å²) in [5.41, 5.74) is 5.89.